The Hall–Kier alpha value is 1.55. The monoisotopic (exact) mass is 864 g/mol. The molecule has 1 aromatic carbocycles. The van der Waals surface area contributed by atoms with E-state index < -0.39 is 11.9 Å². The van der Waals surface area contributed by atoms with E-state index in [1.165, 1.54) is 0 Å². The van der Waals surface area contributed by atoms with E-state index in [0.29, 0.717) is 11.1 Å². The molecular formula is C13H9I5O4. The molecule has 4 nitrogen and oxygen atoms in total. The summed E-state index contributed by atoms with van der Waals surface area (Å²) in [5.41, 5.74) is 0.874. The summed E-state index contributed by atoms with van der Waals surface area (Å²) >= 11 is 11.0. The molecule has 0 radical (unpaired) electrons. The van der Waals surface area contributed by atoms with E-state index in [2.05, 4.69) is 120 Å². The van der Waals surface area contributed by atoms with Crippen molar-refractivity contribution in [1.29, 1.82) is 0 Å². The molecule has 0 amide bonds. The van der Waals surface area contributed by atoms with Gasteiger partial charge in [-0.2, -0.15) is 0 Å². The Bertz CT molecular complexity index is 613. The molecule has 0 N–H and O–H groups in total. The van der Waals surface area contributed by atoms with E-state index in [9.17, 15) is 9.59 Å². The smallest absolute Gasteiger partial charge is 0.340 e. The number of carbonyl (C=O) groups excluding carboxylic acids is 2. The Morgan fingerprint density at radius 3 is 1.73 bits per heavy atom. The summed E-state index contributed by atoms with van der Waals surface area (Å²) < 4.78 is 15.0. The molecule has 0 bridgehead atoms. The predicted octanol–water partition coefficient (Wildman–Crippen LogP) is 4.99. The van der Waals surface area contributed by atoms with Gasteiger partial charge in [-0.3, -0.25) is 0 Å². The van der Waals surface area contributed by atoms with Crippen molar-refractivity contribution >= 4 is 125 Å². The number of halogens is 5. The van der Waals surface area contributed by atoms with Gasteiger partial charge in [0.1, 0.15) is 13.2 Å². The van der Waals surface area contributed by atoms with Crippen molar-refractivity contribution < 1.29 is 19.1 Å². The molecule has 9 heteroatoms. The fourth-order valence-corrected chi connectivity index (χ4v) is 6.45. The zero-order chi connectivity index (χ0) is 17.0. The third-order valence-electron chi connectivity index (χ3n) is 2.31. The molecule has 0 aliphatic heterocycles. The third-order valence-corrected chi connectivity index (χ3v) is 11.8. The molecule has 0 aliphatic carbocycles. The van der Waals surface area contributed by atoms with Crippen molar-refractivity contribution in [3.8, 4) is 0 Å². The fourth-order valence-electron chi connectivity index (χ4n) is 1.25. The maximum absolute atomic E-state index is 12.3. The van der Waals surface area contributed by atoms with E-state index >= 15 is 0 Å². The molecule has 0 fully saturated rings. The number of esters is 2. The lowest BCUT2D eigenvalue weighted by atomic mass is 10.2. The van der Waals surface area contributed by atoms with Crippen molar-refractivity contribution in [1.82, 2.24) is 0 Å². The molecule has 1 rings (SSSR count). The first-order valence-electron chi connectivity index (χ1n) is 5.69. The average Bonchev–Trinajstić information content (AvgIpc) is 2.47. The molecule has 0 unspecified atom stereocenters. The normalized spacial score (nSPS) is 10.3. The highest BCUT2D eigenvalue weighted by Crippen LogP contribution is 2.33. The number of rotatable bonds is 5. The van der Waals surface area contributed by atoms with Gasteiger partial charge in [-0.25, -0.2) is 9.59 Å². The number of hydrogen-bond donors (Lipinski definition) is 0. The highest BCUT2D eigenvalue weighted by molar-refractivity contribution is 14.1. The fraction of sp³-hybridized carbons (Fsp3) is 0.231. The van der Waals surface area contributed by atoms with Crippen molar-refractivity contribution in [3.05, 3.63) is 35.6 Å². The van der Waals surface area contributed by atoms with Gasteiger partial charge < -0.3 is 9.47 Å². The zero-order valence-corrected chi connectivity index (χ0v) is 21.9. The largest absolute Gasteiger partial charge is 0.459 e. The van der Waals surface area contributed by atoms with Crippen LogP contribution in [0.3, 0.4) is 0 Å². The Labute approximate surface area is 196 Å². The van der Waals surface area contributed by atoms with Crippen LogP contribution in [0.25, 0.3) is 0 Å². The Balaban J connectivity index is 2.79. The minimum absolute atomic E-state index is 0.0170. The van der Waals surface area contributed by atoms with Crippen molar-refractivity contribution in [2.45, 2.75) is 6.92 Å². The number of carbonyl (C=O) groups is 2. The van der Waals surface area contributed by atoms with Crippen molar-refractivity contribution in [3.63, 3.8) is 0 Å². The molecule has 0 aromatic heterocycles. The lowest BCUT2D eigenvalue weighted by molar-refractivity contribution is -0.140. The third kappa shape index (κ3) is 5.53. The summed E-state index contributed by atoms with van der Waals surface area (Å²) in [5.74, 6) is -0.897. The lowest BCUT2D eigenvalue weighted by Gasteiger charge is -2.13. The highest BCUT2D eigenvalue weighted by atomic mass is 127. The average molecular weight is 864 g/mol. The second-order valence-corrected chi connectivity index (χ2v) is 9.39. The summed E-state index contributed by atoms with van der Waals surface area (Å²) in [7, 11) is 0. The van der Waals surface area contributed by atoms with E-state index in [1.54, 1.807) is 6.92 Å². The first-order chi connectivity index (χ1) is 10.2. The highest BCUT2D eigenvalue weighted by Gasteiger charge is 2.23. The van der Waals surface area contributed by atoms with Gasteiger partial charge in [-0.15, -0.1) is 0 Å². The van der Waals surface area contributed by atoms with Crippen molar-refractivity contribution in [2.75, 3.05) is 13.2 Å². The van der Waals surface area contributed by atoms with Crippen LogP contribution in [0.2, 0.25) is 0 Å². The standard InChI is InChI=1S/C13H9I5O4/c1-5(2)12(19)21-3-4-22-13(20)6-7(14)9(16)11(18)10(17)8(6)15/h1,3-4H2,2H3. The minimum atomic E-state index is -0.487. The first-order valence-corrected chi connectivity index (χ1v) is 11.1. The zero-order valence-electron chi connectivity index (χ0n) is 11.1. The van der Waals surface area contributed by atoms with Crippen LogP contribution in [0.1, 0.15) is 17.3 Å². The van der Waals surface area contributed by atoms with Gasteiger partial charge in [0.25, 0.3) is 0 Å². The van der Waals surface area contributed by atoms with Crippen LogP contribution < -0.4 is 0 Å². The maximum atomic E-state index is 12.3. The van der Waals surface area contributed by atoms with E-state index in [-0.39, 0.29) is 13.2 Å². The second kappa shape index (κ2) is 9.88. The van der Waals surface area contributed by atoms with Gasteiger partial charge in [0.05, 0.1) is 5.56 Å². The summed E-state index contributed by atoms with van der Waals surface area (Å²) in [5, 5.41) is 0. The summed E-state index contributed by atoms with van der Waals surface area (Å²) in [6.07, 6.45) is 0. The summed E-state index contributed by atoms with van der Waals surface area (Å²) in [4.78, 5) is 23.5. The van der Waals surface area contributed by atoms with Crippen LogP contribution >= 0.6 is 113 Å². The topological polar surface area (TPSA) is 52.6 Å². The molecular weight excluding hydrogens is 855 g/mol. The van der Waals surface area contributed by atoms with Crippen molar-refractivity contribution in [2.24, 2.45) is 0 Å². The Morgan fingerprint density at radius 2 is 1.27 bits per heavy atom. The Morgan fingerprint density at radius 1 is 0.864 bits per heavy atom. The number of ether oxygens (including phenoxy) is 2. The van der Waals surface area contributed by atoms with E-state index in [4.69, 9.17) is 9.47 Å². The molecule has 22 heavy (non-hydrogen) atoms. The summed E-state index contributed by atoms with van der Waals surface area (Å²) in [6.45, 7) is 5.08. The van der Waals surface area contributed by atoms with E-state index in [0.717, 1.165) is 17.9 Å². The van der Waals surface area contributed by atoms with Crippen LogP contribution in [0.15, 0.2) is 12.2 Å². The van der Waals surface area contributed by atoms with Crippen LogP contribution in [0, 0.1) is 17.9 Å². The molecule has 0 saturated heterocycles. The first kappa shape index (κ1) is 21.6. The molecule has 0 atom stereocenters. The van der Waals surface area contributed by atoms with Gasteiger partial charge >= 0.3 is 11.9 Å². The molecule has 0 spiro atoms. The summed E-state index contributed by atoms with van der Waals surface area (Å²) in [6, 6.07) is 0. The van der Waals surface area contributed by atoms with Gasteiger partial charge in [-0.1, -0.05) is 6.58 Å². The second-order valence-electron chi connectivity index (χ2n) is 4.00. The predicted molar refractivity (Wildman–Crippen MR) is 126 cm³/mol. The molecule has 1 aromatic rings. The van der Waals surface area contributed by atoms with Crippen LogP contribution in [0.5, 0.6) is 0 Å². The van der Waals surface area contributed by atoms with Gasteiger partial charge in [-0.05, 0) is 120 Å². The SMILES string of the molecule is C=C(C)C(=O)OCCOC(=O)c1c(I)c(I)c(I)c(I)c1I. The van der Waals surface area contributed by atoms with Gasteiger partial charge in [0.15, 0.2) is 0 Å². The number of benzene rings is 1. The minimum Gasteiger partial charge on any atom is -0.459 e. The molecule has 120 valence electrons. The maximum Gasteiger partial charge on any atom is 0.340 e. The van der Waals surface area contributed by atoms with Gasteiger partial charge in [0.2, 0.25) is 0 Å². The molecule has 0 aliphatic rings. The van der Waals surface area contributed by atoms with Crippen LogP contribution in [-0.4, -0.2) is 25.2 Å². The van der Waals surface area contributed by atoms with E-state index in [1.807, 2.05) is 0 Å². The molecule has 0 saturated carbocycles. The van der Waals surface area contributed by atoms with Crippen LogP contribution in [0.4, 0.5) is 0 Å². The van der Waals surface area contributed by atoms with Gasteiger partial charge in [0, 0.05) is 23.4 Å². The quantitative estimate of drug-likeness (QED) is 0.105. The Kier molecular flexibility index (Phi) is 9.70. The van der Waals surface area contributed by atoms with Crippen LogP contribution in [-0.2, 0) is 14.3 Å². The molecule has 0 heterocycles. The lowest BCUT2D eigenvalue weighted by Crippen LogP contribution is -2.17. The number of hydrogen-bond acceptors (Lipinski definition) is 4.